The van der Waals surface area contributed by atoms with Crippen molar-refractivity contribution in [3.05, 3.63) is 42.4 Å². The number of hydrogen-bond donors (Lipinski definition) is 1. The lowest BCUT2D eigenvalue weighted by molar-refractivity contribution is 0.853. The average Bonchev–Trinajstić information content (AvgIpc) is 2.83. The molecule has 0 aliphatic rings. The zero-order valence-corrected chi connectivity index (χ0v) is 9.20. The van der Waals surface area contributed by atoms with E-state index in [1.165, 1.54) is 6.33 Å². The Kier molecular flexibility index (Phi) is 2.18. The van der Waals surface area contributed by atoms with Crippen LogP contribution in [0.5, 0.6) is 0 Å². The molecule has 3 rings (SSSR count). The van der Waals surface area contributed by atoms with Gasteiger partial charge in [0.1, 0.15) is 6.33 Å². The fraction of sp³-hybridized carbons (Fsp3) is 0.0909. The van der Waals surface area contributed by atoms with Gasteiger partial charge in [-0.05, 0) is 19.1 Å². The Morgan fingerprint density at radius 1 is 1.12 bits per heavy atom. The minimum Gasteiger partial charge on any atom is -0.337 e. The molecule has 2 heterocycles. The van der Waals surface area contributed by atoms with Gasteiger partial charge in [0.25, 0.3) is 5.78 Å². The third-order valence-corrected chi connectivity index (χ3v) is 2.47. The summed E-state index contributed by atoms with van der Waals surface area (Å²) < 4.78 is 1.65. The lowest BCUT2D eigenvalue weighted by Crippen LogP contribution is -2.05. The first-order valence-electron chi connectivity index (χ1n) is 5.20. The van der Waals surface area contributed by atoms with Crippen molar-refractivity contribution in [2.24, 2.45) is 0 Å². The Labute approximate surface area is 97.3 Å². The molecule has 0 atom stereocenters. The molecule has 1 aromatic carbocycles. The Morgan fingerprint density at radius 3 is 2.76 bits per heavy atom. The van der Waals surface area contributed by atoms with E-state index >= 15 is 0 Å². The van der Waals surface area contributed by atoms with Crippen molar-refractivity contribution >= 4 is 17.3 Å². The van der Waals surface area contributed by atoms with Crippen molar-refractivity contribution in [1.29, 1.82) is 0 Å². The van der Waals surface area contributed by atoms with Crippen LogP contribution in [0.25, 0.3) is 5.78 Å². The average molecular weight is 226 g/mol. The van der Waals surface area contributed by atoms with Gasteiger partial charge in [0, 0.05) is 5.69 Å². The minimum atomic E-state index is 0.501. The van der Waals surface area contributed by atoms with Crippen molar-refractivity contribution in [2.45, 2.75) is 6.92 Å². The van der Waals surface area contributed by atoms with E-state index in [0.29, 0.717) is 11.6 Å². The molecule has 0 bridgehead atoms. The van der Waals surface area contributed by atoms with Crippen molar-refractivity contribution in [3.63, 3.8) is 0 Å². The summed E-state index contributed by atoms with van der Waals surface area (Å²) in [5.41, 5.74) is 1.83. The van der Waals surface area contributed by atoms with Gasteiger partial charge in [-0.2, -0.15) is 14.6 Å². The molecule has 17 heavy (non-hydrogen) atoms. The third-order valence-electron chi connectivity index (χ3n) is 2.47. The van der Waals surface area contributed by atoms with Gasteiger partial charge in [-0.15, -0.1) is 10.2 Å². The first-order valence-corrected chi connectivity index (χ1v) is 5.20. The molecule has 0 amide bonds. The molecule has 0 radical (unpaired) electrons. The maximum absolute atomic E-state index is 4.09. The van der Waals surface area contributed by atoms with Crippen LogP contribution in [-0.4, -0.2) is 24.8 Å². The number of anilines is 2. The van der Waals surface area contributed by atoms with Crippen LogP contribution in [0.3, 0.4) is 0 Å². The quantitative estimate of drug-likeness (QED) is 0.718. The van der Waals surface area contributed by atoms with Crippen LogP contribution in [0, 0.1) is 6.92 Å². The van der Waals surface area contributed by atoms with E-state index in [1.807, 2.05) is 37.3 Å². The number of rotatable bonds is 2. The number of fused-ring (bicyclic) bond motifs is 1. The number of aryl methyl sites for hydroxylation is 1. The van der Waals surface area contributed by atoms with Gasteiger partial charge in [0.05, 0.1) is 5.69 Å². The van der Waals surface area contributed by atoms with Gasteiger partial charge in [0.15, 0.2) is 5.82 Å². The maximum atomic E-state index is 4.09. The van der Waals surface area contributed by atoms with Crippen LogP contribution in [0.1, 0.15) is 5.69 Å². The monoisotopic (exact) mass is 226 g/mol. The molecule has 0 saturated heterocycles. The van der Waals surface area contributed by atoms with E-state index in [-0.39, 0.29) is 0 Å². The fourth-order valence-electron chi connectivity index (χ4n) is 1.58. The SMILES string of the molecule is Cc1c(Nc2ccccc2)nnc2ncnn12. The molecule has 6 nitrogen and oxygen atoms in total. The predicted molar refractivity (Wildman–Crippen MR) is 63.0 cm³/mol. The Bertz CT molecular complexity index is 645. The topological polar surface area (TPSA) is 68.0 Å². The molecule has 0 saturated carbocycles. The molecular weight excluding hydrogens is 216 g/mol. The summed E-state index contributed by atoms with van der Waals surface area (Å²) in [5, 5.41) is 15.3. The molecule has 0 aliphatic carbocycles. The summed E-state index contributed by atoms with van der Waals surface area (Å²) in [5.74, 6) is 1.18. The number of nitrogens with zero attached hydrogens (tertiary/aromatic N) is 5. The van der Waals surface area contributed by atoms with Crippen molar-refractivity contribution < 1.29 is 0 Å². The summed E-state index contributed by atoms with van der Waals surface area (Å²) in [4.78, 5) is 3.98. The number of nitrogens with one attached hydrogen (secondary N) is 1. The maximum Gasteiger partial charge on any atom is 0.272 e. The normalized spacial score (nSPS) is 10.6. The largest absolute Gasteiger partial charge is 0.337 e. The molecular formula is C11H10N6. The summed E-state index contributed by atoms with van der Waals surface area (Å²) in [6, 6.07) is 9.81. The van der Waals surface area contributed by atoms with Gasteiger partial charge < -0.3 is 5.32 Å². The number of hydrogen-bond acceptors (Lipinski definition) is 5. The summed E-state index contributed by atoms with van der Waals surface area (Å²) in [7, 11) is 0. The first kappa shape index (κ1) is 9.71. The predicted octanol–water partition coefficient (Wildman–Crippen LogP) is 1.57. The lowest BCUT2D eigenvalue weighted by Gasteiger charge is -2.07. The van der Waals surface area contributed by atoms with E-state index in [0.717, 1.165) is 11.4 Å². The van der Waals surface area contributed by atoms with Crippen LogP contribution in [0.4, 0.5) is 11.5 Å². The van der Waals surface area contributed by atoms with E-state index in [4.69, 9.17) is 0 Å². The van der Waals surface area contributed by atoms with Gasteiger partial charge in [0.2, 0.25) is 0 Å². The summed E-state index contributed by atoms with van der Waals surface area (Å²) >= 11 is 0. The van der Waals surface area contributed by atoms with Crippen LogP contribution < -0.4 is 5.32 Å². The van der Waals surface area contributed by atoms with Crippen LogP contribution in [-0.2, 0) is 0 Å². The molecule has 0 spiro atoms. The number of benzene rings is 1. The standard InChI is InChI=1S/C11H10N6/c1-8-10(14-9-5-3-2-4-6-9)15-16-11-12-7-13-17(8)11/h2-7,14H,1H3. The molecule has 0 aliphatic heterocycles. The van der Waals surface area contributed by atoms with Crippen LogP contribution in [0.2, 0.25) is 0 Å². The second kappa shape index (κ2) is 3.82. The number of para-hydroxylation sites is 1. The highest BCUT2D eigenvalue weighted by molar-refractivity contribution is 5.57. The van der Waals surface area contributed by atoms with Crippen molar-refractivity contribution in [3.8, 4) is 0 Å². The molecule has 0 unspecified atom stereocenters. The lowest BCUT2D eigenvalue weighted by atomic mass is 10.3. The zero-order valence-electron chi connectivity index (χ0n) is 9.20. The Morgan fingerprint density at radius 2 is 1.94 bits per heavy atom. The van der Waals surface area contributed by atoms with E-state index in [9.17, 15) is 0 Å². The zero-order chi connectivity index (χ0) is 11.7. The summed E-state index contributed by atoms with van der Waals surface area (Å²) in [6.07, 6.45) is 1.46. The molecule has 6 heteroatoms. The molecule has 0 fully saturated rings. The molecule has 1 N–H and O–H groups in total. The van der Waals surface area contributed by atoms with E-state index in [1.54, 1.807) is 4.52 Å². The Balaban J connectivity index is 2.03. The van der Waals surface area contributed by atoms with Gasteiger partial charge in [-0.3, -0.25) is 0 Å². The summed E-state index contributed by atoms with van der Waals surface area (Å²) in [6.45, 7) is 1.92. The second-order valence-electron chi connectivity index (χ2n) is 3.60. The second-order valence-corrected chi connectivity index (χ2v) is 3.60. The molecule has 3 aromatic rings. The van der Waals surface area contributed by atoms with Gasteiger partial charge in [-0.25, -0.2) is 0 Å². The highest BCUT2D eigenvalue weighted by Gasteiger charge is 2.07. The van der Waals surface area contributed by atoms with E-state index < -0.39 is 0 Å². The minimum absolute atomic E-state index is 0.501. The van der Waals surface area contributed by atoms with Crippen molar-refractivity contribution in [2.75, 3.05) is 5.32 Å². The van der Waals surface area contributed by atoms with Gasteiger partial charge >= 0.3 is 0 Å². The Hall–Kier alpha value is -2.50. The number of aromatic nitrogens is 5. The smallest absolute Gasteiger partial charge is 0.272 e. The highest BCUT2D eigenvalue weighted by Crippen LogP contribution is 2.16. The fourth-order valence-corrected chi connectivity index (χ4v) is 1.58. The van der Waals surface area contributed by atoms with Crippen molar-refractivity contribution in [1.82, 2.24) is 24.8 Å². The van der Waals surface area contributed by atoms with Crippen LogP contribution >= 0.6 is 0 Å². The molecule has 2 aromatic heterocycles. The van der Waals surface area contributed by atoms with Gasteiger partial charge in [-0.1, -0.05) is 18.2 Å². The highest BCUT2D eigenvalue weighted by atomic mass is 15.4. The van der Waals surface area contributed by atoms with Crippen LogP contribution in [0.15, 0.2) is 36.7 Å². The molecule has 84 valence electrons. The first-order chi connectivity index (χ1) is 8.34. The van der Waals surface area contributed by atoms with E-state index in [2.05, 4.69) is 25.6 Å². The third kappa shape index (κ3) is 1.69.